The molecule has 1 fully saturated rings. The van der Waals surface area contributed by atoms with E-state index in [1.807, 2.05) is 6.07 Å². The summed E-state index contributed by atoms with van der Waals surface area (Å²) in [7, 11) is 0. The lowest BCUT2D eigenvalue weighted by Gasteiger charge is -2.31. The van der Waals surface area contributed by atoms with Gasteiger partial charge in [-0.25, -0.2) is 0 Å². The van der Waals surface area contributed by atoms with Gasteiger partial charge in [-0.3, -0.25) is 0 Å². The van der Waals surface area contributed by atoms with Crippen LogP contribution in [0.25, 0.3) is 0 Å². The van der Waals surface area contributed by atoms with E-state index in [9.17, 15) is 0 Å². The highest BCUT2D eigenvalue weighted by atomic mass is 16.3. The largest absolute Gasteiger partial charge is 0.392 e. The van der Waals surface area contributed by atoms with Crippen molar-refractivity contribution in [2.75, 3.05) is 11.4 Å². The van der Waals surface area contributed by atoms with E-state index in [4.69, 9.17) is 5.11 Å². The van der Waals surface area contributed by atoms with Crippen molar-refractivity contribution in [3.8, 4) is 0 Å². The van der Waals surface area contributed by atoms with Gasteiger partial charge in [-0.2, -0.15) is 0 Å². The normalized spacial score (nSPS) is 20.3. The summed E-state index contributed by atoms with van der Waals surface area (Å²) in [6, 6.07) is 6.98. The zero-order chi connectivity index (χ0) is 12.4. The number of benzene rings is 1. The molecule has 17 heavy (non-hydrogen) atoms. The Morgan fingerprint density at radius 2 is 2.18 bits per heavy atom. The lowest BCUT2D eigenvalue weighted by molar-refractivity contribution is 0.282. The van der Waals surface area contributed by atoms with Crippen LogP contribution < -0.4 is 4.90 Å². The van der Waals surface area contributed by atoms with Crippen molar-refractivity contribution in [1.29, 1.82) is 0 Å². The van der Waals surface area contributed by atoms with E-state index < -0.39 is 0 Å². The molecule has 2 nitrogen and oxygen atoms in total. The van der Waals surface area contributed by atoms with Crippen molar-refractivity contribution < 1.29 is 5.11 Å². The summed E-state index contributed by atoms with van der Waals surface area (Å²) in [5.74, 6) is 0.703. The van der Waals surface area contributed by atoms with Gasteiger partial charge < -0.3 is 10.0 Å². The number of aliphatic hydroxyl groups is 1. The first-order valence-electron chi connectivity index (χ1n) is 6.60. The van der Waals surface area contributed by atoms with E-state index in [-0.39, 0.29) is 6.61 Å². The Bertz CT molecular complexity index is 387. The fraction of sp³-hybridized carbons (Fsp3) is 0.600. The van der Waals surface area contributed by atoms with Crippen LogP contribution in [0.15, 0.2) is 18.2 Å². The predicted molar refractivity (Wildman–Crippen MR) is 72.3 cm³/mol. The fourth-order valence-corrected chi connectivity index (χ4v) is 2.92. The quantitative estimate of drug-likeness (QED) is 0.867. The molecule has 1 aliphatic rings. The van der Waals surface area contributed by atoms with E-state index in [2.05, 4.69) is 37.8 Å². The molecule has 0 spiro atoms. The summed E-state index contributed by atoms with van der Waals surface area (Å²) < 4.78 is 0. The highest BCUT2D eigenvalue weighted by molar-refractivity contribution is 5.56. The second kappa shape index (κ2) is 5.09. The van der Waals surface area contributed by atoms with Gasteiger partial charge >= 0.3 is 0 Å². The first-order chi connectivity index (χ1) is 8.13. The Hall–Kier alpha value is -1.02. The van der Waals surface area contributed by atoms with E-state index >= 15 is 0 Å². The van der Waals surface area contributed by atoms with Crippen molar-refractivity contribution in [2.24, 2.45) is 5.92 Å². The lowest BCUT2D eigenvalue weighted by Crippen LogP contribution is -2.33. The van der Waals surface area contributed by atoms with Crippen LogP contribution in [-0.2, 0) is 6.61 Å². The first kappa shape index (κ1) is 12.4. The smallest absolute Gasteiger partial charge is 0.0681 e. The molecule has 1 aliphatic heterocycles. The van der Waals surface area contributed by atoms with Gasteiger partial charge in [0.2, 0.25) is 0 Å². The maximum absolute atomic E-state index is 9.14. The molecule has 94 valence electrons. The van der Waals surface area contributed by atoms with Gasteiger partial charge in [0.15, 0.2) is 0 Å². The van der Waals surface area contributed by atoms with Gasteiger partial charge in [0.05, 0.1) is 6.61 Å². The van der Waals surface area contributed by atoms with Crippen molar-refractivity contribution in [2.45, 2.75) is 46.3 Å². The molecule has 0 radical (unpaired) electrons. The summed E-state index contributed by atoms with van der Waals surface area (Å²) in [5, 5.41) is 9.14. The van der Waals surface area contributed by atoms with Crippen LogP contribution >= 0.6 is 0 Å². The summed E-state index contributed by atoms with van der Waals surface area (Å²) >= 11 is 0. The topological polar surface area (TPSA) is 23.5 Å². The molecule has 1 aromatic carbocycles. The van der Waals surface area contributed by atoms with Crippen molar-refractivity contribution >= 4 is 5.69 Å². The third kappa shape index (κ3) is 2.47. The average Bonchev–Trinajstić information content (AvgIpc) is 2.77. The van der Waals surface area contributed by atoms with Gasteiger partial charge in [0.25, 0.3) is 0 Å². The Kier molecular flexibility index (Phi) is 3.72. The van der Waals surface area contributed by atoms with Crippen LogP contribution in [0.5, 0.6) is 0 Å². The lowest BCUT2D eigenvalue weighted by atomic mass is 10.0. The minimum atomic E-state index is 0.134. The Balaban J connectivity index is 2.27. The maximum atomic E-state index is 9.14. The Labute approximate surface area is 104 Å². The van der Waals surface area contributed by atoms with E-state index in [1.54, 1.807) is 0 Å². The van der Waals surface area contributed by atoms with Crippen LogP contribution in [0.4, 0.5) is 5.69 Å². The van der Waals surface area contributed by atoms with Crippen molar-refractivity contribution in [3.05, 3.63) is 29.3 Å². The minimum absolute atomic E-state index is 0.134. The number of anilines is 1. The van der Waals surface area contributed by atoms with Gasteiger partial charge in [0.1, 0.15) is 0 Å². The number of aryl methyl sites for hydroxylation is 1. The zero-order valence-electron chi connectivity index (χ0n) is 11.1. The van der Waals surface area contributed by atoms with E-state index in [0.29, 0.717) is 12.0 Å². The molecule has 2 rings (SSSR count). The minimum Gasteiger partial charge on any atom is -0.392 e. The molecule has 0 bridgehead atoms. The summed E-state index contributed by atoms with van der Waals surface area (Å²) in [6.07, 6.45) is 2.60. The number of aliphatic hydroxyl groups excluding tert-OH is 1. The standard InChI is InChI=1S/C15H23NO/c1-11(2)14-5-4-8-16(14)15-7-6-13(10-17)9-12(15)3/h6-7,9,11,14,17H,4-5,8,10H2,1-3H3. The van der Waals surface area contributed by atoms with Crippen LogP contribution in [0.2, 0.25) is 0 Å². The van der Waals surface area contributed by atoms with Crippen LogP contribution in [0.3, 0.4) is 0 Å². The highest BCUT2D eigenvalue weighted by Crippen LogP contribution is 2.32. The molecule has 0 aromatic heterocycles. The average molecular weight is 233 g/mol. The fourth-order valence-electron chi connectivity index (χ4n) is 2.92. The number of nitrogens with zero attached hydrogens (tertiary/aromatic N) is 1. The molecular formula is C15H23NO. The molecule has 1 saturated heterocycles. The summed E-state index contributed by atoms with van der Waals surface area (Å²) in [4.78, 5) is 2.54. The molecule has 1 aromatic rings. The monoisotopic (exact) mass is 233 g/mol. The second-order valence-corrected chi connectivity index (χ2v) is 5.43. The van der Waals surface area contributed by atoms with E-state index in [0.717, 1.165) is 5.56 Å². The van der Waals surface area contributed by atoms with Gasteiger partial charge in [-0.05, 0) is 42.9 Å². The molecule has 1 N–H and O–H groups in total. The Morgan fingerprint density at radius 3 is 2.76 bits per heavy atom. The number of hydrogen-bond donors (Lipinski definition) is 1. The summed E-state index contributed by atoms with van der Waals surface area (Å²) in [6.45, 7) is 8.06. The molecule has 1 atom stereocenters. The third-order valence-corrected chi connectivity index (χ3v) is 3.82. The molecule has 0 amide bonds. The zero-order valence-corrected chi connectivity index (χ0v) is 11.1. The van der Waals surface area contributed by atoms with Gasteiger partial charge in [0, 0.05) is 18.3 Å². The summed E-state index contributed by atoms with van der Waals surface area (Å²) in [5.41, 5.74) is 3.63. The van der Waals surface area contributed by atoms with Gasteiger partial charge in [-0.1, -0.05) is 26.0 Å². The van der Waals surface area contributed by atoms with Crippen molar-refractivity contribution in [3.63, 3.8) is 0 Å². The second-order valence-electron chi connectivity index (χ2n) is 5.43. The van der Waals surface area contributed by atoms with Gasteiger partial charge in [-0.15, -0.1) is 0 Å². The van der Waals surface area contributed by atoms with Crippen molar-refractivity contribution in [1.82, 2.24) is 0 Å². The molecular weight excluding hydrogens is 210 g/mol. The third-order valence-electron chi connectivity index (χ3n) is 3.82. The van der Waals surface area contributed by atoms with Crippen LogP contribution in [0.1, 0.15) is 37.8 Å². The Morgan fingerprint density at radius 1 is 1.41 bits per heavy atom. The number of rotatable bonds is 3. The predicted octanol–water partition coefficient (Wildman–Crippen LogP) is 3.11. The molecule has 0 aliphatic carbocycles. The molecule has 1 heterocycles. The molecule has 0 saturated carbocycles. The molecule has 2 heteroatoms. The van der Waals surface area contributed by atoms with Crippen LogP contribution in [0, 0.1) is 12.8 Å². The first-order valence-corrected chi connectivity index (χ1v) is 6.60. The maximum Gasteiger partial charge on any atom is 0.0681 e. The number of hydrogen-bond acceptors (Lipinski definition) is 2. The SMILES string of the molecule is Cc1cc(CO)ccc1N1CCCC1C(C)C. The highest BCUT2D eigenvalue weighted by Gasteiger charge is 2.27. The van der Waals surface area contributed by atoms with Crippen LogP contribution in [-0.4, -0.2) is 17.7 Å². The molecule has 1 unspecified atom stereocenters. The van der Waals surface area contributed by atoms with E-state index in [1.165, 1.54) is 30.6 Å².